The maximum Gasteiger partial charge on any atom is 0.0893 e. The van der Waals surface area contributed by atoms with Gasteiger partial charge in [-0.1, -0.05) is 0 Å². The Balaban J connectivity index is 1.76. The van der Waals surface area contributed by atoms with Crippen molar-refractivity contribution >= 4 is 0 Å². The van der Waals surface area contributed by atoms with Gasteiger partial charge in [0.1, 0.15) is 0 Å². The van der Waals surface area contributed by atoms with E-state index in [2.05, 4.69) is 19.9 Å². The van der Waals surface area contributed by atoms with E-state index in [4.69, 9.17) is 0 Å². The number of rotatable bonds is 3. The molecule has 0 saturated carbocycles. The lowest BCUT2D eigenvalue weighted by atomic mass is 10.1. The van der Waals surface area contributed by atoms with Crippen LogP contribution in [0.1, 0.15) is 0 Å². The van der Waals surface area contributed by atoms with Crippen molar-refractivity contribution in [1.29, 1.82) is 0 Å². The molecule has 4 nitrogen and oxygen atoms in total. The van der Waals surface area contributed by atoms with E-state index in [-0.39, 0.29) is 0 Å². The van der Waals surface area contributed by atoms with Crippen LogP contribution in [0.15, 0.2) is 73.3 Å². The zero-order chi connectivity index (χ0) is 14.8. The van der Waals surface area contributed by atoms with Crippen LogP contribution in [0.3, 0.4) is 0 Å². The Morgan fingerprint density at radius 1 is 0.636 bits per heavy atom. The molecule has 0 aliphatic heterocycles. The average molecular weight is 286 g/mol. The fraction of sp³-hybridized carbons (Fsp3) is 0. The highest BCUT2D eigenvalue weighted by Gasteiger charge is 2.06. The Morgan fingerprint density at radius 2 is 1.14 bits per heavy atom. The zero-order valence-corrected chi connectivity index (χ0v) is 11.8. The van der Waals surface area contributed by atoms with Crippen LogP contribution < -0.4 is 0 Å². The number of aromatic amines is 2. The standard InChI is InChI=1S/C18H14N4/c1-3-15(19-7-1)13-5-9-21-17(11-13)18-12-14(6-10-22-18)16-4-2-8-20-16/h1-12,19-20H. The first-order valence-corrected chi connectivity index (χ1v) is 7.10. The van der Waals surface area contributed by atoms with Gasteiger partial charge in [0.25, 0.3) is 0 Å². The van der Waals surface area contributed by atoms with Crippen molar-refractivity contribution in [1.82, 2.24) is 19.9 Å². The number of hydrogen-bond acceptors (Lipinski definition) is 2. The predicted octanol–water partition coefficient (Wildman–Crippen LogP) is 4.13. The summed E-state index contributed by atoms with van der Waals surface area (Å²) < 4.78 is 0. The maximum atomic E-state index is 4.46. The van der Waals surface area contributed by atoms with E-state index >= 15 is 0 Å². The van der Waals surface area contributed by atoms with Crippen molar-refractivity contribution in [3.05, 3.63) is 73.3 Å². The molecule has 22 heavy (non-hydrogen) atoms. The van der Waals surface area contributed by atoms with Crippen LogP contribution in [0.25, 0.3) is 33.9 Å². The number of aromatic nitrogens is 4. The molecule has 0 spiro atoms. The molecule has 0 aliphatic carbocycles. The zero-order valence-electron chi connectivity index (χ0n) is 11.8. The summed E-state index contributed by atoms with van der Waals surface area (Å²) >= 11 is 0. The van der Waals surface area contributed by atoms with E-state index in [9.17, 15) is 0 Å². The highest BCUT2D eigenvalue weighted by Crippen LogP contribution is 2.25. The molecular weight excluding hydrogens is 272 g/mol. The molecule has 0 aliphatic rings. The van der Waals surface area contributed by atoms with Gasteiger partial charge in [0.05, 0.1) is 11.4 Å². The smallest absolute Gasteiger partial charge is 0.0893 e. The van der Waals surface area contributed by atoms with Crippen LogP contribution in [-0.2, 0) is 0 Å². The Bertz CT molecular complexity index is 801. The Labute approximate surface area is 127 Å². The van der Waals surface area contributed by atoms with Gasteiger partial charge in [0, 0.05) is 47.3 Å². The van der Waals surface area contributed by atoms with Gasteiger partial charge < -0.3 is 9.97 Å². The van der Waals surface area contributed by atoms with E-state index in [1.807, 2.05) is 73.3 Å². The molecule has 0 saturated heterocycles. The van der Waals surface area contributed by atoms with Crippen LogP contribution in [0.2, 0.25) is 0 Å². The molecule has 0 aromatic carbocycles. The maximum absolute atomic E-state index is 4.46. The molecule has 4 heteroatoms. The molecule has 4 heterocycles. The van der Waals surface area contributed by atoms with Gasteiger partial charge in [-0.25, -0.2) is 0 Å². The Kier molecular flexibility index (Phi) is 3.05. The van der Waals surface area contributed by atoms with E-state index in [0.717, 1.165) is 33.9 Å². The molecule has 4 aromatic heterocycles. The fourth-order valence-corrected chi connectivity index (χ4v) is 2.50. The first-order valence-electron chi connectivity index (χ1n) is 7.10. The van der Waals surface area contributed by atoms with E-state index in [1.54, 1.807) is 0 Å². The Morgan fingerprint density at radius 3 is 1.55 bits per heavy atom. The third kappa shape index (κ3) is 2.31. The van der Waals surface area contributed by atoms with Crippen LogP contribution >= 0.6 is 0 Å². The van der Waals surface area contributed by atoms with Crippen LogP contribution in [-0.4, -0.2) is 19.9 Å². The van der Waals surface area contributed by atoms with Crippen molar-refractivity contribution in [3.8, 4) is 33.9 Å². The van der Waals surface area contributed by atoms with Crippen molar-refractivity contribution in [2.24, 2.45) is 0 Å². The summed E-state index contributed by atoms with van der Waals surface area (Å²) in [5.41, 5.74) is 6.07. The number of hydrogen-bond donors (Lipinski definition) is 2. The highest BCUT2D eigenvalue weighted by molar-refractivity contribution is 5.70. The summed E-state index contributed by atoms with van der Waals surface area (Å²) in [5, 5.41) is 0. The second-order valence-electron chi connectivity index (χ2n) is 5.03. The fourth-order valence-electron chi connectivity index (χ4n) is 2.50. The first-order chi connectivity index (χ1) is 10.9. The van der Waals surface area contributed by atoms with Crippen molar-refractivity contribution < 1.29 is 0 Å². The molecule has 4 rings (SSSR count). The first kappa shape index (κ1) is 12.6. The van der Waals surface area contributed by atoms with Crippen LogP contribution in [0.5, 0.6) is 0 Å². The number of nitrogens with zero attached hydrogens (tertiary/aromatic N) is 2. The second-order valence-corrected chi connectivity index (χ2v) is 5.03. The van der Waals surface area contributed by atoms with Crippen LogP contribution in [0, 0.1) is 0 Å². The summed E-state index contributed by atoms with van der Waals surface area (Å²) in [6, 6.07) is 16.1. The normalized spacial score (nSPS) is 10.7. The minimum atomic E-state index is 0.862. The summed E-state index contributed by atoms with van der Waals surface area (Å²) in [5.74, 6) is 0. The molecule has 0 fully saturated rings. The summed E-state index contributed by atoms with van der Waals surface area (Å²) in [7, 11) is 0. The lowest BCUT2D eigenvalue weighted by molar-refractivity contribution is 1.24. The highest BCUT2D eigenvalue weighted by atomic mass is 14.8. The molecule has 4 aromatic rings. The van der Waals surface area contributed by atoms with Gasteiger partial charge in [-0.2, -0.15) is 0 Å². The molecule has 0 radical (unpaired) electrons. The SMILES string of the molecule is c1c[nH]c(-c2ccnc(-c3cc(-c4ccc[nH]4)ccn3)c2)c1. The van der Waals surface area contributed by atoms with E-state index in [0.29, 0.717) is 0 Å². The third-order valence-electron chi connectivity index (χ3n) is 3.60. The summed E-state index contributed by atoms with van der Waals surface area (Å²) in [4.78, 5) is 15.3. The van der Waals surface area contributed by atoms with Gasteiger partial charge in [-0.15, -0.1) is 0 Å². The number of nitrogens with one attached hydrogen (secondary N) is 2. The van der Waals surface area contributed by atoms with E-state index < -0.39 is 0 Å². The second kappa shape index (κ2) is 5.33. The summed E-state index contributed by atoms with van der Waals surface area (Å²) in [6.07, 6.45) is 7.46. The number of H-pyrrole nitrogens is 2. The lowest BCUT2D eigenvalue weighted by Crippen LogP contribution is -1.89. The summed E-state index contributed by atoms with van der Waals surface area (Å²) in [6.45, 7) is 0. The van der Waals surface area contributed by atoms with Gasteiger partial charge >= 0.3 is 0 Å². The number of pyridine rings is 2. The topological polar surface area (TPSA) is 57.4 Å². The van der Waals surface area contributed by atoms with Crippen molar-refractivity contribution in [2.45, 2.75) is 0 Å². The van der Waals surface area contributed by atoms with Crippen molar-refractivity contribution in [3.63, 3.8) is 0 Å². The van der Waals surface area contributed by atoms with Crippen molar-refractivity contribution in [2.75, 3.05) is 0 Å². The van der Waals surface area contributed by atoms with Gasteiger partial charge in [0.15, 0.2) is 0 Å². The minimum Gasteiger partial charge on any atom is -0.361 e. The molecular formula is C18H14N4. The van der Waals surface area contributed by atoms with Gasteiger partial charge in [-0.05, 0) is 48.5 Å². The van der Waals surface area contributed by atoms with Gasteiger partial charge in [-0.3, -0.25) is 9.97 Å². The monoisotopic (exact) mass is 286 g/mol. The van der Waals surface area contributed by atoms with Crippen LogP contribution in [0.4, 0.5) is 0 Å². The third-order valence-corrected chi connectivity index (χ3v) is 3.60. The molecule has 0 atom stereocenters. The lowest BCUT2D eigenvalue weighted by Gasteiger charge is -2.05. The van der Waals surface area contributed by atoms with E-state index in [1.165, 1.54) is 0 Å². The van der Waals surface area contributed by atoms with Gasteiger partial charge in [0.2, 0.25) is 0 Å². The molecule has 0 amide bonds. The largest absolute Gasteiger partial charge is 0.361 e. The molecule has 106 valence electrons. The average Bonchev–Trinajstić information content (AvgIpc) is 3.29. The molecule has 0 unspecified atom stereocenters. The quantitative estimate of drug-likeness (QED) is 0.595. The molecule has 2 N–H and O–H groups in total. The molecule has 0 bridgehead atoms. The Hall–Kier alpha value is -3.14. The predicted molar refractivity (Wildman–Crippen MR) is 87.0 cm³/mol. The minimum absolute atomic E-state index is 0.862.